The molecular formula is C20H21N3O2. The van der Waals surface area contributed by atoms with Crippen molar-refractivity contribution in [3.05, 3.63) is 69.6 Å². The fourth-order valence-corrected chi connectivity index (χ4v) is 2.91. The molecule has 5 nitrogen and oxygen atoms in total. The highest BCUT2D eigenvalue weighted by Gasteiger charge is 2.14. The zero-order valence-electron chi connectivity index (χ0n) is 14.3. The molecule has 0 radical (unpaired) electrons. The van der Waals surface area contributed by atoms with E-state index in [1.165, 1.54) is 21.8 Å². The molecular weight excluding hydrogens is 314 g/mol. The number of aryl methyl sites for hydroxylation is 1. The number of carbonyl (C=O) groups is 1. The highest BCUT2D eigenvalue weighted by molar-refractivity contribution is 5.93. The Hall–Kier alpha value is -2.84. The molecule has 1 N–H and O–H groups in total. The lowest BCUT2D eigenvalue weighted by molar-refractivity contribution is 0.0956. The van der Waals surface area contributed by atoms with Crippen LogP contribution >= 0.6 is 0 Å². The Bertz CT molecular complexity index is 890. The van der Waals surface area contributed by atoms with Crippen molar-refractivity contribution in [1.29, 1.82) is 0 Å². The molecule has 0 saturated carbocycles. The third-order valence-electron chi connectivity index (χ3n) is 4.34. The number of nitrogens with zero attached hydrogens (tertiary/aromatic N) is 2. The van der Waals surface area contributed by atoms with Crippen LogP contribution < -0.4 is 10.9 Å². The Balaban J connectivity index is 1.48. The highest BCUT2D eigenvalue weighted by atomic mass is 16.2. The SMILES string of the molecule is Cn1cccc(C(=O)NCC#CCN2CCc3ccccc3C2)c1=O. The van der Waals surface area contributed by atoms with Crippen LogP contribution in [0.15, 0.2) is 47.4 Å². The lowest BCUT2D eigenvalue weighted by Crippen LogP contribution is -2.32. The maximum absolute atomic E-state index is 12.0. The van der Waals surface area contributed by atoms with E-state index in [1.807, 2.05) is 0 Å². The second-order valence-electron chi connectivity index (χ2n) is 6.10. The number of amides is 1. The fraction of sp³-hybridized carbons (Fsp3) is 0.300. The number of pyridine rings is 1. The lowest BCUT2D eigenvalue weighted by Gasteiger charge is -2.26. The third kappa shape index (κ3) is 4.17. The first kappa shape index (κ1) is 17.0. The lowest BCUT2D eigenvalue weighted by atomic mass is 10.0. The van der Waals surface area contributed by atoms with Gasteiger partial charge in [0, 0.05) is 26.3 Å². The number of hydrogen-bond acceptors (Lipinski definition) is 3. The average molecular weight is 335 g/mol. The van der Waals surface area contributed by atoms with Gasteiger partial charge in [0.2, 0.25) is 0 Å². The van der Waals surface area contributed by atoms with Crippen LogP contribution in [0.4, 0.5) is 0 Å². The largest absolute Gasteiger partial charge is 0.341 e. The van der Waals surface area contributed by atoms with Crippen LogP contribution in [0.25, 0.3) is 0 Å². The van der Waals surface area contributed by atoms with Gasteiger partial charge >= 0.3 is 0 Å². The maximum Gasteiger partial charge on any atom is 0.263 e. The molecule has 1 aliphatic rings. The van der Waals surface area contributed by atoms with Gasteiger partial charge in [-0.3, -0.25) is 14.5 Å². The van der Waals surface area contributed by atoms with Crippen LogP contribution in [-0.2, 0) is 20.0 Å². The number of carbonyl (C=O) groups excluding carboxylic acids is 1. The maximum atomic E-state index is 12.0. The van der Waals surface area contributed by atoms with Crippen molar-refractivity contribution in [2.75, 3.05) is 19.6 Å². The van der Waals surface area contributed by atoms with Crippen LogP contribution in [0, 0.1) is 11.8 Å². The molecule has 0 aliphatic carbocycles. The Kier molecular flexibility index (Phi) is 5.32. The Labute approximate surface area is 147 Å². The molecule has 25 heavy (non-hydrogen) atoms. The van der Waals surface area contributed by atoms with Gasteiger partial charge in [0.1, 0.15) is 5.56 Å². The fourth-order valence-electron chi connectivity index (χ4n) is 2.91. The monoisotopic (exact) mass is 335 g/mol. The summed E-state index contributed by atoms with van der Waals surface area (Å²) in [4.78, 5) is 26.2. The summed E-state index contributed by atoms with van der Waals surface area (Å²) >= 11 is 0. The van der Waals surface area contributed by atoms with Gasteiger partial charge in [-0.25, -0.2) is 0 Å². The summed E-state index contributed by atoms with van der Waals surface area (Å²) in [5, 5.41) is 2.68. The predicted molar refractivity (Wildman–Crippen MR) is 97.2 cm³/mol. The smallest absolute Gasteiger partial charge is 0.263 e. The third-order valence-corrected chi connectivity index (χ3v) is 4.34. The molecule has 0 bridgehead atoms. The van der Waals surface area contributed by atoms with Gasteiger partial charge in [0.15, 0.2) is 0 Å². The Morgan fingerprint density at radius 1 is 1.16 bits per heavy atom. The summed E-state index contributed by atoms with van der Waals surface area (Å²) in [6, 6.07) is 11.7. The molecule has 3 rings (SSSR count). The van der Waals surface area contributed by atoms with E-state index in [9.17, 15) is 9.59 Å². The molecule has 1 aliphatic heterocycles. The molecule has 0 saturated heterocycles. The standard InChI is InChI=1S/C20H21N3O2/c1-22-12-6-9-18(20(22)25)19(24)21-11-4-5-13-23-14-10-16-7-2-3-8-17(16)15-23/h2-3,6-9,12H,10-11,13-15H2,1H3,(H,21,24). The van der Waals surface area contributed by atoms with E-state index in [0.717, 1.165) is 19.5 Å². The number of hydrogen-bond donors (Lipinski definition) is 1. The van der Waals surface area contributed by atoms with Crippen molar-refractivity contribution in [3.8, 4) is 11.8 Å². The van der Waals surface area contributed by atoms with Crippen LogP contribution in [0.3, 0.4) is 0 Å². The minimum Gasteiger partial charge on any atom is -0.341 e. The molecule has 0 atom stereocenters. The van der Waals surface area contributed by atoms with Crippen LogP contribution in [-0.4, -0.2) is 35.0 Å². The predicted octanol–water partition coefficient (Wildman–Crippen LogP) is 1.18. The van der Waals surface area contributed by atoms with Gasteiger partial charge in [-0.1, -0.05) is 36.1 Å². The van der Waals surface area contributed by atoms with E-state index in [4.69, 9.17) is 0 Å². The van der Waals surface area contributed by atoms with Crippen molar-refractivity contribution in [2.45, 2.75) is 13.0 Å². The second-order valence-corrected chi connectivity index (χ2v) is 6.10. The molecule has 0 fully saturated rings. The van der Waals surface area contributed by atoms with Gasteiger partial charge < -0.3 is 9.88 Å². The van der Waals surface area contributed by atoms with E-state index >= 15 is 0 Å². The average Bonchev–Trinajstić information content (AvgIpc) is 2.63. The number of benzene rings is 1. The van der Waals surface area contributed by atoms with E-state index < -0.39 is 0 Å². The van der Waals surface area contributed by atoms with Gasteiger partial charge in [-0.05, 0) is 29.7 Å². The van der Waals surface area contributed by atoms with Crippen molar-refractivity contribution >= 4 is 5.91 Å². The zero-order chi connectivity index (χ0) is 17.6. The quantitative estimate of drug-likeness (QED) is 0.857. The van der Waals surface area contributed by atoms with E-state index in [0.29, 0.717) is 6.54 Å². The molecule has 1 amide bonds. The van der Waals surface area contributed by atoms with E-state index in [1.54, 1.807) is 19.3 Å². The topological polar surface area (TPSA) is 54.3 Å². The molecule has 1 aromatic carbocycles. The minimum absolute atomic E-state index is 0.138. The van der Waals surface area contributed by atoms with Crippen molar-refractivity contribution in [1.82, 2.24) is 14.8 Å². The first-order valence-electron chi connectivity index (χ1n) is 8.34. The van der Waals surface area contributed by atoms with Gasteiger partial charge in [0.25, 0.3) is 11.5 Å². The molecule has 128 valence electrons. The first-order chi connectivity index (χ1) is 12.1. The van der Waals surface area contributed by atoms with Crippen molar-refractivity contribution in [3.63, 3.8) is 0 Å². The molecule has 5 heteroatoms. The summed E-state index contributed by atoms with van der Waals surface area (Å²) in [5.41, 5.74) is 2.62. The van der Waals surface area contributed by atoms with Crippen molar-refractivity contribution in [2.24, 2.45) is 7.05 Å². The summed E-state index contributed by atoms with van der Waals surface area (Å²) in [5.74, 6) is 5.67. The molecule has 1 aromatic heterocycles. The summed E-state index contributed by atoms with van der Waals surface area (Å²) in [7, 11) is 1.62. The summed E-state index contributed by atoms with van der Waals surface area (Å²) in [6.07, 6.45) is 2.67. The minimum atomic E-state index is -0.387. The number of aromatic nitrogens is 1. The van der Waals surface area contributed by atoms with Gasteiger partial charge in [-0.15, -0.1) is 0 Å². The molecule has 0 spiro atoms. The molecule has 0 unspecified atom stereocenters. The van der Waals surface area contributed by atoms with Crippen LogP contribution in [0.5, 0.6) is 0 Å². The first-order valence-corrected chi connectivity index (χ1v) is 8.34. The highest BCUT2D eigenvalue weighted by Crippen LogP contribution is 2.17. The number of rotatable bonds is 3. The summed E-state index contributed by atoms with van der Waals surface area (Å²) < 4.78 is 1.38. The Morgan fingerprint density at radius 2 is 1.96 bits per heavy atom. The van der Waals surface area contributed by atoms with Crippen LogP contribution in [0.2, 0.25) is 0 Å². The molecule has 2 aromatic rings. The second kappa shape index (κ2) is 7.82. The molecule has 2 heterocycles. The van der Waals surface area contributed by atoms with Crippen molar-refractivity contribution < 1.29 is 4.79 Å². The normalized spacial score (nSPS) is 13.5. The number of nitrogens with one attached hydrogen (secondary N) is 1. The van der Waals surface area contributed by atoms with Gasteiger partial charge in [0.05, 0.1) is 13.1 Å². The Morgan fingerprint density at radius 3 is 2.80 bits per heavy atom. The number of fused-ring (bicyclic) bond motifs is 1. The van der Waals surface area contributed by atoms with Gasteiger partial charge in [-0.2, -0.15) is 0 Å². The van der Waals surface area contributed by atoms with Crippen LogP contribution in [0.1, 0.15) is 21.5 Å². The zero-order valence-corrected chi connectivity index (χ0v) is 14.3. The summed E-state index contributed by atoms with van der Waals surface area (Å²) in [6.45, 7) is 2.83. The van der Waals surface area contributed by atoms with E-state index in [2.05, 4.69) is 46.3 Å². The van der Waals surface area contributed by atoms with E-state index in [-0.39, 0.29) is 23.6 Å².